The molecule has 2 amide bonds. The number of piperidine rings is 1. The molecule has 2 N–H and O–H groups in total. The first kappa shape index (κ1) is 32.4. The lowest BCUT2D eigenvalue weighted by Gasteiger charge is -2.48. The van der Waals surface area contributed by atoms with Gasteiger partial charge in [0.25, 0.3) is 5.91 Å². The minimum atomic E-state index is -0.465. The Balaban J connectivity index is 1.22. The third-order valence-corrected chi connectivity index (χ3v) is 10.3. The molecule has 11 heteroatoms. The van der Waals surface area contributed by atoms with Crippen LogP contribution in [0.2, 0.25) is 5.02 Å². The van der Waals surface area contributed by atoms with E-state index in [1.54, 1.807) is 6.33 Å². The molecular weight excluding hydrogens is 580 g/mol. The normalized spacial score (nSPS) is 23.1. The van der Waals surface area contributed by atoms with Crippen molar-refractivity contribution >= 4 is 29.4 Å². The van der Waals surface area contributed by atoms with Crippen LogP contribution in [0.15, 0.2) is 36.9 Å². The summed E-state index contributed by atoms with van der Waals surface area (Å²) in [6.07, 6.45) is 15.7. The van der Waals surface area contributed by atoms with Gasteiger partial charge in [-0.25, -0.2) is 4.98 Å². The fourth-order valence-corrected chi connectivity index (χ4v) is 7.77. The number of hydrogen-bond acceptors (Lipinski definition) is 7. The fourth-order valence-electron chi connectivity index (χ4n) is 7.64. The Morgan fingerprint density at radius 1 is 1.00 bits per heavy atom. The summed E-state index contributed by atoms with van der Waals surface area (Å²) in [7, 11) is 0. The molecule has 240 valence electrons. The molecule has 1 atom stereocenters. The van der Waals surface area contributed by atoms with Crippen LogP contribution in [-0.2, 0) is 32.1 Å². The highest BCUT2D eigenvalue weighted by molar-refractivity contribution is 6.30. The van der Waals surface area contributed by atoms with E-state index in [1.165, 1.54) is 39.0 Å². The van der Waals surface area contributed by atoms with E-state index in [0.717, 1.165) is 63.7 Å². The number of nitrogens with zero attached hydrogens (tertiary/aromatic N) is 4. The van der Waals surface area contributed by atoms with Crippen LogP contribution in [0, 0.1) is 11.3 Å². The van der Waals surface area contributed by atoms with Crippen molar-refractivity contribution in [2.45, 2.75) is 109 Å². The number of rotatable bonds is 11. The maximum absolute atomic E-state index is 14.2. The van der Waals surface area contributed by atoms with Crippen LogP contribution in [-0.4, -0.2) is 75.3 Å². The molecule has 44 heavy (non-hydrogen) atoms. The quantitative estimate of drug-likeness (QED) is 0.357. The number of likely N-dealkylation sites (tertiary alicyclic amines) is 1. The van der Waals surface area contributed by atoms with Crippen molar-refractivity contribution in [2.24, 2.45) is 11.3 Å². The van der Waals surface area contributed by atoms with E-state index in [4.69, 9.17) is 16.3 Å². The van der Waals surface area contributed by atoms with E-state index < -0.39 is 5.97 Å². The number of hydrogen-bond donors (Lipinski definition) is 2. The van der Waals surface area contributed by atoms with Gasteiger partial charge in [0, 0.05) is 43.7 Å². The lowest BCUT2D eigenvalue weighted by Crippen LogP contribution is -2.56. The predicted octanol–water partition coefficient (Wildman–Crippen LogP) is 4.31. The Morgan fingerprint density at radius 3 is 2.32 bits per heavy atom. The average molecular weight is 627 g/mol. The summed E-state index contributed by atoms with van der Waals surface area (Å²) in [5.74, 6) is 0.0822. The number of aromatic nitrogens is 3. The molecule has 3 fully saturated rings. The lowest BCUT2D eigenvalue weighted by molar-refractivity contribution is -0.146. The summed E-state index contributed by atoms with van der Waals surface area (Å²) in [6.45, 7) is 3.42. The van der Waals surface area contributed by atoms with Gasteiger partial charge in [-0.2, -0.15) is 5.10 Å². The van der Waals surface area contributed by atoms with Crippen LogP contribution in [0.25, 0.3) is 0 Å². The highest BCUT2D eigenvalue weighted by atomic mass is 35.5. The average Bonchev–Trinajstić information content (AvgIpc) is 3.55. The molecule has 3 aliphatic rings. The summed E-state index contributed by atoms with van der Waals surface area (Å²) < 4.78 is 6.81. The summed E-state index contributed by atoms with van der Waals surface area (Å²) in [5.41, 5.74) is 1.22. The van der Waals surface area contributed by atoms with Gasteiger partial charge in [0.15, 0.2) is 6.61 Å². The first-order valence-electron chi connectivity index (χ1n) is 16.3. The highest BCUT2D eigenvalue weighted by Crippen LogP contribution is 2.47. The first-order valence-corrected chi connectivity index (χ1v) is 16.7. The van der Waals surface area contributed by atoms with Crippen LogP contribution >= 0.6 is 11.6 Å². The lowest BCUT2D eigenvalue weighted by atomic mass is 9.63. The zero-order chi connectivity index (χ0) is 30.9. The summed E-state index contributed by atoms with van der Waals surface area (Å²) in [5, 5.41) is 11.8. The Labute approximate surface area is 265 Å². The van der Waals surface area contributed by atoms with E-state index >= 15 is 0 Å². The molecule has 0 spiro atoms. The van der Waals surface area contributed by atoms with Crippen molar-refractivity contribution in [1.82, 2.24) is 30.3 Å². The summed E-state index contributed by atoms with van der Waals surface area (Å²) in [4.78, 5) is 43.6. The van der Waals surface area contributed by atoms with Crippen LogP contribution in [0.5, 0.6) is 0 Å². The molecular formula is C33H47ClN6O4. The van der Waals surface area contributed by atoms with Gasteiger partial charge in [-0.15, -0.1) is 0 Å². The molecule has 2 aliphatic carbocycles. The minimum Gasteiger partial charge on any atom is -0.456 e. The molecule has 1 saturated heterocycles. The van der Waals surface area contributed by atoms with Crippen molar-refractivity contribution in [3.63, 3.8) is 0 Å². The number of esters is 1. The molecule has 5 rings (SSSR count). The minimum absolute atomic E-state index is 0.0431. The number of amides is 2. The summed E-state index contributed by atoms with van der Waals surface area (Å²) in [6, 6.07) is 7.65. The van der Waals surface area contributed by atoms with Gasteiger partial charge in [0.05, 0.1) is 6.04 Å². The van der Waals surface area contributed by atoms with Crippen molar-refractivity contribution in [2.75, 3.05) is 19.7 Å². The Morgan fingerprint density at radius 2 is 1.68 bits per heavy atom. The molecule has 0 unspecified atom stereocenters. The van der Waals surface area contributed by atoms with Crippen molar-refractivity contribution in [1.29, 1.82) is 0 Å². The molecule has 10 nitrogen and oxygen atoms in total. The maximum atomic E-state index is 14.2. The van der Waals surface area contributed by atoms with Gasteiger partial charge in [-0.3, -0.25) is 19.1 Å². The van der Waals surface area contributed by atoms with E-state index in [-0.39, 0.29) is 42.0 Å². The monoisotopic (exact) mass is 626 g/mol. The molecule has 2 heterocycles. The van der Waals surface area contributed by atoms with Crippen LogP contribution in [0.3, 0.4) is 0 Å². The van der Waals surface area contributed by atoms with Crippen molar-refractivity contribution < 1.29 is 19.1 Å². The molecule has 1 aliphatic heterocycles. The van der Waals surface area contributed by atoms with Gasteiger partial charge >= 0.3 is 5.97 Å². The molecule has 1 aromatic heterocycles. The molecule has 2 aromatic rings. The van der Waals surface area contributed by atoms with Gasteiger partial charge < -0.3 is 20.3 Å². The van der Waals surface area contributed by atoms with E-state index in [2.05, 4.69) is 25.6 Å². The number of nitrogens with one attached hydrogen (secondary N) is 2. The molecule has 0 radical (unpaired) electrons. The van der Waals surface area contributed by atoms with E-state index in [9.17, 15) is 14.4 Å². The second kappa shape index (κ2) is 15.3. The van der Waals surface area contributed by atoms with Gasteiger partial charge in [0.1, 0.15) is 12.7 Å². The zero-order valence-corrected chi connectivity index (χ0v) is 26.6. The second-order valence-corrected chi connectivity index (χ2v) is 13.5. The van der Waals surface area contributed by atoms with E-state index in [1.807, 2.05) is 35.3 Å². The smallest absolute Gasteiger partial charge is 0.303 e. The predicted molar refractivity (Wildman–Crippen MR) is 168 cm³/mol. The fraction of sp³-hybridized carbons (Fsp3) is 0.667. The van der Waals surface area contributed by atoms with Gasteiger partial charge in [-0.05, 0) is 86.8 Å². The SMILES string of the molecule is CC(=O)OCC(=O)NC1CCC(N[C@H](Cc2ccc(Cl)cc2)C(=O)N2CCC(Cn3cncn3)(C3CCCCC3)CC2)CC1. The Kier molecular flexibility index (Phi) is 11.3. The Bertz CT molecular complexity index is 1220. The molecule has 2 saturated carbocycles. The van der Waals surface area contributed by atoms with Crippen LogP contribution < -0.4 is 10.6 Å². The van der Waals surface area contributed by atoms with E-state index in [0.29, 0.717) is 17.4 Å². The number of carbonyl (C=O) groups is 3. The number of benzene rings is 1. The third-order valence-electron chi connectivity index (χ3n) is 10.1. The zero-order valence-electron chi connectivity index (χ0n) is 25.9. The van der Waals surface area contributed by atoms with Crippen molar-refractivity contribution in [3.8, 4) is 0 Å². The standard InChI is InChI=1S/C33H47ClN6O4/c1-24(41)44-20-31(42)38-29-13-11-28(12-14-29)37-30(19-25-7-9-27(34)10-8-25)32(43)39-17-15-33(16-18-39,21-40-23-35-22-36-40)26-5-3-2-4-6-26/h7-10,22-23,26,28-30,37H,2-6,11-21H2,1H3,(H,38,42)/t28?,29?,30-/m1/s1. The number of carbonyl (C=O) groups excluding carboxylic acids is 3. The third kappa shape index (κ3) is 8.81. The largest absolute Gasteiger partial charge is 0.456 e. The number of ether oxygens (including phenoxy) is 1. The summed E-state index contributed by atoms with van der Waals surface area (Å²) >= 11 is 6.16. The van der Waals surface area contributed by atoms with Crippen LogP contribution in [0.1, 0.15) is 83.1 Å². The second-order valence-electron chi connectivity index (χ2n) is 13.1. The van der Waals surface area contributed by atoms with Gasteiger partial charge in [-0.1, -0.05) is 43.0 Å². The van der Waals surface area contributed by atoms with Crippen LogP contribution in [0.4, 0.5) is 0 Å². The molecule has 1 aromatic carbocycles. The van der Waals surface area contributed by atoms with Gasteiger partial charge in [0.2, 0.25) is 5.91 Å². The number of halogens is 1. The molecule has 0 bridgehead atoms. The highest BCUT2D eigenvalue weighted by Gasteiger charge is 2.44. The maximum Gasteiger partial charge on any atom is 0.303 e. The topological polar surface area (TPSA) is 118 Å². The Hall–Kier alpha value is -2.98. The first-order chi connectivity index (χ1) is 21.3. The van der Waals surface area contributed by atoms with Crippen molar-refractivity contribution in [3.05, 3.63) is 47.5 Å².